The molecule has 3 fully saturated rings. The van der Waals surface area contributed by atoms with E-state index in [0.717, 1.165) is 23.7 Å². The lowest BCUT2D eigenvalue weighted by molar-refractivity contribution is -0.147. The van der Waals surface area contributed by atoms with Gasteiger partial charge in [0.05, 0.1) is 0 Å². The molecule has 0 nitrogen and oxygen atoms in total. The summed E-state index contributed by atoms with van der Waals surface area (Å²) in [7, 11) is 0. The van der Waals surface area contributed by atoms with Gasteiger partial charge in [0, 0.05) is 0 Å². The van der Waals surface area contributed by atoms with E-state index in [2.05, 4.69) is 27.7 Å². The Morgan fingerprint density at radius 2 is 0.913 bits per heavy atom. The maximum atomic E-state index is 2.59. The summed E-state index contributed by atoms with van der Waals surface area (Å²) in [6.07, 6.45) is 19.7. The van der Waals surface area contributed by atoms with Gasteiger partial charge in [-0.3, -0.25) is 0 Å². The SMILES string of the molecule is CC1(C)CC(C)(C)C1C(C1CCCCCC1)C1CCCCCC1. The summed E-state index contributed by atoms with van der Waals surface area (Å²) in [5.41, 5.74) is 1.18. The number of rotatable bonds is 3. The van der Waals surface area contributed by atoms with Gasteiger partial charge >= 0.3 is 0 Å². The Bertz CT molecular complexity index is 327. The first-order valence-corrected chi connectivity index (χ1v) is 10.9. The van der Waals surface area contributed by atoms with E-state index in [9.17, 15) is 0 Å². The zero-order chi connectivity index (χ0) is 16.5. The van der Waals surface area contributed by atoms with Crippen molar-refractivity contribution in [2.24, 2.45) is 34.5 Å². The Morgan fingerprint density at radius 1 is 0.565 bits per heavy atom. The van der Waals surface area contributed by atoms with Gasteiger partial charge in [-0.15, -0.1) is 0 Å². The average Bonchev–Trinajstić information content (AvgIpc) is 2.88. The first-order chi connectivity index (χ1) is 10.9. The molecule has 3 aliphatic rings. The second-order valence-corrected chi connectivity index (χ2v) is 10.7. The summed E-state index contributed by atoms with van der Waals surface area (Å²) in [6, 6.07) is 0. The molecule has 0 bridgehead atoms. The van der Waals surface area contributed by atoms with Crippen LogP contribution in [0.1, 0.15) is 111 Å². The van der Waals surface area contributed by atoms with Crippen molar-refractivity contribution in [3.05, 3.63) is 0 Å². The molecule has 3 rings (SSSR count). The van der Waals surface area contributed by atoms with E-state index >= 15 is 0 Å². The van der Waals surface area contributed by atoms with E-state index in [1.807, 2.05) is 0 Å². The lowest BCUT2D eigenvalue weighted by atomic mass is 9.41. The van der Waals surface area contributed by atoms with E-state index in [-0.39, 0.29) is 0 Å². The summed E-state index contributed by atoms with van der Waals surface area (Å²) in [4.78, 5) is 0. The van der Waals surface area contributed by atoms with Crippen molar-refractivity contribution in [1.29, 1.82) is 0 Å². The molecule has 0 N–H and O–H groups in total. The van der Waals surface area contributed by atoms with Crippen molar-refractivity contribution < 1.29 is 0 Å². The van der Waals surface area contributed by atoms with Gasteiger partial charge in [-0.1, -0.05) is 105 Å². The third-order valence-electron chi connectivity index (χ3n) is 7.87. The normalized spacial score (nSPS) is 30.7. The average molecular weight is 319 g/mol. The van der Waals surface area contributed by atoms with Crippen LogP contribution in [0.3, 0.4) is 0 Å². The third kappa shape index (κ3) is 3.82. The molecule has 0 aromatic heterocycles. The zero-order valence-corrected chi connectivity index (χ0v) is 16.5. The van der Waals surface area contributed by atoms with Crippen molar-refractivity contribution in [1.82, 2.24) is 0 Å². The zero-order valence-electron chi connectivity index (χ0n) is 16.5. The van der Waals surface area contributed by atoms with Crippen LogP contribution < -0.4 is 0 Å². The van der Waals surface area contributed by atoms with Crippen LogP contribution in [-0.4, -0.2) is 0 Å². The second kappa shape index (κ2) is 7.09. The van der Waals surface area contributed by atoms with Crippen LogP contribution >= 0.6 is 0 Å². The van der Waals surface area contributed by atoms with Crippen molar-refractivity contribution >= 4 is 0 Å². The Morgan fingerprint density at radius 3 is 1.22 bits per heavy atom. The van der Waals surface area contributed by atoms with Gasteiger partial charge in [0.1, 0.15) is 0 Å². The highest BCUT2D eigenvalue weighted by molar-refractivity contribution is 5.06. The predicted molar refractivity (Wildman–Crippen MR) is 102 cm³/mol. The first kappa shape index (κ1) is 17.8. The van der Waals surface area contributed by atoms with Crippen molar-refractivity contribution in [3.8, 4) is 0 Å². The van der Waals surface area contributed by atoms with Gasteiger partial charge in [-0.05, 0) is 40.9 Å². The van der Waals surface area contributed by atoms with Crippen LogP contribution in [0.25, 0.3) is 0 Å². The van der Waals surface area contributed by atoms with Gasteiger partial charge in [0.15, 0.2) is 0 Å². The predicted octanol–water partition coefficient (Wildman–Crippen LogP) is 7.62. The van der Waals surface area contributed by atoms with Gasteiger partial charge in [-0.25, -0.2) is 0 Å². The first-order valence-electron chi connectivity index (χ1n) is 10.9. The molecule has 0 atom stereocenters. The summed E-state index contributed by atoms with van der Waals surface area (Å²) in [6.45, 7) is 10.3. The molecule has 3 aliphatic carbocycles. The summed E-state index contributed by atoms with van der Waals surface area (Å²) < 4.78 is 0. The van der Waals surface area contributed by atoms with Gasteiger partial charge in [0.25, 0.3) is 0 Å². The third-order valence-corrected chi connectivity index (χ3v) is 7.87. The lowest BCUT2D eigenvalue weighted by Crippen LogP contribution is -2.56. The van der Waals surface area contributed by atoms with Gasteiger partial charge < -0.3 is 0 Å². The molecule has 0 aromatic carbocycles. The highest BCUT2D eigenvalue weighted by Crippen LogP contribution is 2.65. The summed E-state index contributed by atoms with van der Waals surface area (Å²) in [5.74, 6) is 4.10. The monoisotopic (exact) mass is 318 g/mol. The second-order valence-electron chi connectivity index (χ2n) is 10.7. The molecule has 23 heavy (non-hydrogen) atoms. The van der Waals surface area contributed by atoms with Crippen molar-refractivity contribution in [3.63, 3.8) is 0 Å². The fraction of sp³-hybridized carbons (Fsp3) is 1.00. The molecule has 0 heterocycles. The molecule has 0 aliphatic heterocycles. The minimum atomic E-state index is 0.590. The van der Waals surface area contributed by atoms with E-state index in [0.29, 0.717) is 10.8 Å². The molecular formula is C23H42. The van der Waals surface area contributed by atoms with E-state index in [4.69, 9.17) is 0 Å². The van der Waals surface area contributed by atoms with Crippen LogP contribution in [0.5, 0.6) is 0 Å². The minimum absolute atomic E-state index is 0.590. The largest absolute Gasteiger partial charge is 0.0596 e. The molecule has 0 heteroatoms. The number of hydrogen-bond donors (Lipinski definition) is 0. The molecule has 0 amide bonds. The van der Waals surface area contributed by atoms with E-state index in [1.165, 1.54) is 57.8 Å². The van der Waals surface area contributed by atoms with Crippen LogP contribution in [0.4, 0.5) is 0 Å². The maximum Gasteiger partial charge on any atom is -0.0277 e. The Balaban J connectivity index is 1.85. The van der Waals surface area contributed by atoms with Crippen LogP contribution in [0.2, 0.25) is 0 Å². The molecular weight excluding hydrogens is 276 g/mol. The maximum absolute atomic E-state index is 2.59. The van der Waals surface area contributed by atoms with Gasteiger partial charge in [-0.2, -0.15) is 0 Å². The molecule has 3 saturated carbocycles. The standard InChI is InChI=1S/C23H42/c1-22(2)17-23(3,4)21(22)20(18-13-9-5-6-10-14-18)19-15-11-7-8-12-16-19/h18-21H,5-17H2,1-4H3. The molecule has 0 unspecified atom stereocenters. The lowest BCUT2D eigenvalue weighted by Gasteiger charge is -2.63. The van der Waals surface area contributed by atoms with Crippen LogP contribution in [0, 0.1) is 34.5 Å². The molecule has 134 valence electrons. The summed E-state index contributed by atoms with van der Waals surface area (Å²) in [5, 5.41) is 0. The van der Waals surface area contributed by atoms with E-state index < -0.39 is 0 Å². The molecule has 0 radical (unpaired) electrons. The Labute approximate surface area is 146 Å². The Hall–Kier alpha value is 0. The summed E-state index contributed by atoms with van der Waals surface area (Å²) >= 11 is 0. The van der Waals surface area contributed by atoms with E-state index in [1.54, 1.807) is 25.7 Å². The number of hydrogen-bond acceptors (Lipinski definition) is 0. The highest BCUT2D eigenvalue weighted by atomic mass is 14.6. The fourth-order valence-corrected chi connectivity index (χ4v) is 7.68. The van der Waals surface area contributed by atoms with Crippen molar-refractivity contribution in [2.75, 3.05) is 0 Å². The fourth-order valence-electron chi connectivity index (χ4n) is 7.68. The smallest absolute Gasteiger partial charge is 0.0277 e. The van der Waals surface area contributed by atoms with Gasteiger partial charge in [0.2, 0.25) is 0 Å². The topological polar surface area (TPSA) is 0 Å². The molecule has 0 saturated heterocycles. The van der Waals surface area contributed by atoms with Crippen LogP contribution in [-0.2, 0) is 0 Å². The van der Waals surface area contributed by atoms with Crippen LogP contribution in [0.15, 0.2) is 0 Å². The highest BCUT2D eigenvalue weighted by Gasteiger charge is 2.58. The quantitative estimate of drug-likeness (QED) is 0.469. The van der Waals surface area contributed by atoms with Crippen molar-refractivity contribution in [2.45, 2.75) is 111 Å². The molecule has 0 spiro atoms. The molecule has 0 aromatic rings. The Kier molecular flexibility index (Phi) is 5.49. The minimum Gasteiger partial charge on any atom is -0.0596 e.